The molecule has 2 aromatic carbocycles. The zero-order chi connectivity index (χ0) is 22.9. The van der Waals surface area contributed by atoms with E-state index in [-0.39, 0.29) is 10.8 Å². The summed E-state index contributed by atoms with van der Waals surface area (Å²) in [5, 5.41) is 7.66. The highest BCUT2D eigenvalue weighted by Crippen LogP contribution is 2.14. The van der Waals surface area contributed by atoms with E-state index < -0.39 is 28.0 Å². The third-order valence-electron chi connectivity index (χ3n) is 4.25. The molecule has 2 rings (SSSR count). The minimum atomic E-state index is -4.04. The van der Waals surface area contributed by atoms with Gasteiger partial charge in [0, 0.05) is 17.8 Å². The normalized spacial score (nSPS) is 11.8. The first-order valence-corrected chi connectivity index (χ1v) is 11.3. The van der Waals surface area contributed by atoms with Crippen LogP contribution >= 0.6 is 0 Å². The summed E-state index contributed by atoms with van der Waals surface area (Å²) in [5.41, 5.74) is 0.778. The Balaban J connectivity index is 1.92. The Morgan fingerprint density at radius 1 is 0.968 bits per heavy atom. The maximum absolute atomic E-state index is 12.3. The molecule has 4 amide bonds. The van der Waals surface area contributed by atoms with E-state index in [2.05, 4.69) is 16.0 Å². The van der Waals surface area contributed by atoms with Gasteiger partial charge in [-0.3, -0.25) is 9.59 Å². The number of hydrogen-bond donors (Lipinski definition) is 4. The Labute approximate surface area is 181 Å². The number of unbranched alkanes of at least 4 members (excludes halogenated alkanes) is 1. The van der Waals surface area contributed by atoms with E-state index in [1.165, 1.54) is 31.2 Å². The first-order valence-electron chi connectivity index (χ1n) is 9.80. The third kappa shape index (κ3) is 7.41. The van der Waals surface area contributed by atoms with Gasteiger partial charge in [0.1, 0.15) is 6.04 Å². The molecule has 0 heterocycles. The number of rotatable bonds is 9. The van der Waals surface area contributed by atoms with Crippen molar-refractivity contribution in [2.75, 3.05) is 11.9 Å². The lowest BCUT2D eigenvalue weighted by Gasteiger charge is -2.14. The number of carbonyl (C=O) groups excluding carboxylic acids is 3. The van der Waals surface area contributed by atoms with Crippen LogP contribution in [0.3, 0.4) is 0 Å². The fourth-order valence-corrected chi connectivity index (χ4v) is 3.43. The molecule has 31 heavy (non-hydrogen) atoms. The molecule has 4 N–H and O–H groups in total. The van der Waals surface area contributed by atoms with Crippen molar-refractivity contribution in [1.29, 1.82) is 0 Å². The fourth-order valence-electron chi connectivity index (χ4n) is 2.50. The van der Waals surface area contributed by atoms with Crippen LogP contribution in [0.4, 0.5) is 10.5 Å². The summed E-state index contributed by atoms with van der Waals surface area (Å²) in [6.45, 7) is 3.87. The van der Waals surface area contributed by atoms with Gasteiger partial charge >= 0.3 is 6.03 Å². The first-order chi connectivity index (χ1) is 14.7. The molecule has 166 valence electrons. The topological polar surface area (TPSA) is 133 Å². The number of amides is 4. The molecular formula is C21H26N4O5S. The molecule has 9 nitrogen and oxygen atoms in total. The molecule has 0 unspecified atom stereocenters. The number of anilines is 1. The quantitative estimate of drug-likeness (QED) is 0.438. The van der Waals surface area contributed by atoms with E-state index in [0.29, 0.717) is 17.8 Å². The number of benzene rings is 2. The molecule has 0 bridgehead atoms. The van der Waals surface area contributed by atoms with Gasteiger partial charge in [0.2, 0.25) is 5.91 Å². The first kappa shape index (κ1) is 23.9. The van der Waals surface area contributed by atoms with Crippen molar-refractivity contribution >= 4 is 33.6 Å². The Morgan fingerprint density at radius 3 is 2.23 bits per heavy atom. The van der Waals surface area contributed by atoms with E-state index in [9.17, 15) is 22.8 Å². The Kier molecular flexibility index (Phi) is 8.56. The number of urea groups is 1. The second kappa shape index (κ2) is 11.1. The second-order valence-electron chi connectivity index (χ2n) is 6.79. The predicted octanol–water partition coefficient (Wildman–Crippen LogP) is 2.23. The highest BCUT2D eigenvalue weighted by molar-refractivity contribution is 7.90. The monoisotopic (exact) mass is 446 g/mol. The Morgan fingerprint density at radius 2 is 1.61 bits per heavy atom. The van der Waals surface area contributed by atoms with Gasteiger partial charge in [0.25, 0.3) is 15.9 Å². The Bertz CT molecular complexity index is 1010. The fraction of sp³-hybridized carbons (Fsp3) is 0.286. The average molecular weight is 447 g/mol. The van der Waals surface area contributed by atoms with Crippen molar-refractivity contribution in [2.24, 2.45) is 0 Å². The van der Waals surface area contributed by atoms with Crippen molar-refractivity contribution in [1.82, 2.24) is 15.4 Å². The zero-order valence-corrected chi connectivity index (χ0v) is 18.2. The van der Waals surface area contributed by atoms with Gasteiger partial charge in [-0.15, -0.1) is 0 Å². The summed E-state index contributed by atoms with van der Waals surface area (Å²) >= 11 is 0. The summed E-state index contributed by atoms with van der Waals surface area (Å²) in [6.07, 6.45) is 1.61. The maximum atomic E-state index is 12.3. The number of nitrogens with one attached hydrogen (secondary N) is 4. The maximum Gasteiger partial charge on any atom is 0.328 e. The highest BCUT2D eigenvalue weighted by atomic mass is 32.2. The van der Waals surface area contributed by atoms with Crippen molar-refractivity contribution in [3.05, 3.63) is 60.2 Å². The molecule has 0 aliphatic rings. The minimum absolute atomic E-state index is 0.124. The van der Waals surface area contributed by atoms with Crippen LogP contribution < -0.4 is 20.7 Å². The summed E-state index contributed by atoms with van der Waals surface area (Å²) in [4.78, 5) is 36.0. The van der Waals surface area contributed by atoms with Gasteiger partial charge < -0.3 is 16.0 Å². The van der Waals surface area contributed by atoms with E-state index in [1.54, 1.807) is 30.3 Å². The van der Waals surface area contributed by atoms with Crippen LogP contribution in [-0.4, -0.2) is 38.8 Å². The SMILES string of the molecule is CCCCNC(=O)NS(=O)(=O)c1ccc(NC(=O)[C@H](C)NC(=O)c2ccccc2)cc1. The van der Waals surface area contributed by atoms with Crippen molar-refractivity contribution in [2.45, 2.75) is 37.6 Å². The smallest absolute Gasteiger partial charge is 0.328 e. The zero-order valence-electron chi connectivity index (χ0n) is 17.3. The molecule has 0 spiro atoms. The molecule has 0 fully saturated rings. The minimum Gasteiger partial charge on any atom is -0.341 e. The molecule has 10 heteroatoms. The standard InChI is InChI=1S/C21H26N4O5S/c1-3-4-14-22-21(28)25-31(29,30)18-12-10-17(11-13-18)24-19(26)15(2)23-20(27)16-8-6-5-7-9-16/h5-13,15H,3-4,14H2,1-2H3,(H,23,27)(H,24,26)(H2,22,25,28)/t15-/m0/s1. The molecule has 0 aromatic heterocycles. The Hall–Kier alpha value is -3.40. The summed E-state index contributed by atoms with van der Waals surface area (Å²) in [6, 6.07) is 12.2. The predicted molar refractivity (Wildman–Crippen MR) is 117 cm³/mol. The number of hydrogen-bond acceptors (Lipinski definition) is 5. The molecule has 0 radical (unpaired) electrons. The van der Waals surface area contributed by atoms with Crippen LogP contribution in [0, 0.1) is 0 Å². The summed E-state index contributed by atoms with van der Waals surface area (Å²) in [5.74, 6) is -0.846. The van der Waals surface area contributed by atoms with Crippen molar-refractivity contribution in [3.63, 3.8) is 0 Å². The van der Waals surface area contributed by atoms with E-state index >= 15 is 0 Å². The third-order valence-corrected chi connectivity index (χ3v) is 5.60. The molecule has 2 aromatic rings. The summed E-state index contributed by atoms with van der Waals surface area (Å²) in [7, 11) is -4.04. The van der Waals surface area contributed by atoms with Crippen molar-refractivity contribution in [3.8, 4) is 0 Å². The van der Waals surface area contributed by atoms with E-state index in [1.807, 2.05) is 11.6 Å². The van der Waals surface area contributed by atoms with E-state index in [4.69, 9.17) is 0 Å². The molecular weight excluding hydrogens is 420 g/mol. The van der Waals surface area contributed by atoms with Gasteiger partial charge in [0.05, 0.1) is 4.90 Å². The van der Waals surface area contributed by atoms with Gasteiger partial charge in [-0.25, -0.2) is 17.9 Å². The van der Waals surface area contributed by atoms with Crippen molar-refractivity contribution < 1.29 is 22.8 Å². The molecule has 0 aliphatic carbocycles. The lowest BCUT2D eigenvalue weighted by molar-refractivity contribution is -0.117. The van der Waals surface area contributed by atoms with Crippen LogP contribution in [0.2, 0.25) is 0 Å². The molecule has 1 atom stereocenters. The molecule has 0 saturated carbocycles. The van der Waals surface area contributed by atoms with E-state index in [0.717, 1.165) is 12.8 Å². The lowest BCUT2D eigenvalue weighted by atomic mass is 10.2. The number of carbonyl (C=O) groups is 3. The van der Waals surface area contributed by atoms with Crippen LogP contribution in [0.25, 0.3) is 0 Å². The van der Waals surface area contributed by atoms with Crippen LogP contribution in [0.15, 0.2) is 59.5 Å². The van der Waals surface area contributed by atoms with Crippen LogP contribution in [0.1, 0.15) is 37.0 Å². The highest BCUT2D eigenvalue weighted by Gasteiger charge is 2.19. The molecule has 0 saturated heterocycles. The van der Waals surface area contributed by atoms with Crippen LogP contribution in [0.5, 0.6) is 0 Å². The van der Waals surface area contributed by atoms with Gasteiger partial charge in [0.15, 0.2) is 0 Å². The number of sulfonamides is 1. The lowest BCUT2D eigenvalue weighted by Crippen LogP contribution is -2.41. The van der Waals surface area contributed by atoms with Gasteiger partial charge in [-0.2, -0.15) is 0 Å². The largest absolute Gasteiger partial charge is 0.341 e. The van der Waals surface area contributed by atoms with Gasteiger partial charge in [-0.05, 0) is 49.7 Å². The van der Waals surface area contributed by atoms with Gasteiger partial charge in [-0.1, -0.05) is 31.5 Å². The summed E-state index contributed by atoms with van der Waals surface area (Å²) < 4.78 is 26.5. The van der Waals surface area contributed by atoms with Crippen LogP contribution in [-0.2, 0) is 14.8 Å². The second-order valence-corrected chi connectivity index (χ2v) is 8.47. The average Bonchev–Trinajstić information content (AvgIpc) is 2.74. The molecule has 0 aliphatic heterocycles.